The normalized spacial score (nSPS) is 19.0. The number of piperazine rings is 1. The molecule has 1 atom stereocenters. The third-order valence-electron chi connectivity index (χ3n) is 3.74. The van der Waals surface area contributed by atoms with Crippen LogP contribution in [0.3, 0.4) is 0 Å². The van der Waals surface area contributed by atoms with Crippen molar-refractivity contribution in [2.75, 3.05) is 26.2 Å². The fourth-order valence-corrected chi connectivity index (χ4v) is 3.08. The van der Waals surface area contributed by atoms with Crippen molar-refractivity contribution in [2.24, 2.45) is 5.41 Å². The van der Waals surface area contributed by atoms with Crippen LogP contribution >= 0.6 is 0 Å². The first-order valence-corrected chi connectivity index (χ1v) is 7.47. The first-order valence-electron chi connectivity index (χ1n) is 7.47. The maximum absolute atomic E-state index is 12.4. The average molecular weight is 316 g/mol. The molecule has 0 unspecified atom stereocenters. The predicted octanol–water partition coefficient (Wildman–Crippen LogP) is 3.58. The number of benzene rings is 1. The number of hydrogen-bond donors (Lipinski definition) is 1. The molecule has 1 fully saturated rings. The van der Waals surface area contributed by atoms with Crippen molar-refractivity contribution in [1.82, 2.24) is 10.2 Å². The first-order chi connectivity index (χ1) is 10.2. The Balaban J connectivity index is 2.29. The number of rotatable bonds is 3. The molecule has 22 heavy (non-hydrogen) atoms. The highest BCUT2D eigenvalue weighted by atomic mass is 19.4. The molecule has 124 valence electrons. The second-order valence-corrected chi connectivity index (χ2v) is 6.67. The highest BCUT2D eigenvalue weighted by Gasteiger charge is 2.34. The van der Waals surface area contributed by atoms with Gasteiger partial charge in [-0.3, -0.25) is 4.90 Å². The van der Waals surface area contributed by atoms with Crippen molar-refractivity contribution < 1.29 is 17.9 Å². The van der Waals surface area contributed by atoms with E-state index < -0.39 is 6.36 Å². The predicted molar refractivity (Wildman–Crippen MR) is 79.8 cm³/mol. The minimum atomic E-state index is -4.66. The molecule has 3 nitrogen and oxygen atoms in total. The highest BCUT2D eigenvalue weighted by Crippen LogP contribution is 2.39. The fraction of sp³-hybridized carbons (Fsp3) is 0.625. The molecule has 0 spiro atoms. The standard InChI is InChI=1S/C16H23F3N2O/c1-15(2,3)14(21-9-7-20-8-10-21)12-5-4-6-13(11-12)22-16(17,18)19/h4-6,11,14,20H,7-10H2,1-3H3/t14-/m0/s1. The number of hydrogen-bond acceptors (Lipinski definition) is 3. The summed E-state index contributed by atoms with van der Waals surface area (Å²) in [5, 5.41) is 3.30. The van der Waals surface area contributed by atoms with Gasteiger partial charge in [-0.25, -0.2) is 0 Å². The minimum absolute atomic E-state index is 0.0476. The van der Waals surface area contributed by atoms with E-state index in [1.807, 2.05) is 6.07 Å². The van der Waals surface area contributed by atoms with E-state index in [1.54, 1.807) is 6.07 Å². The maximum Gasteiger partial charge on any atom is 0.573 e. The molecule has 0 aliphatic carbocycles. The number of ether oxygens (including phenoxy) is 1. The van der Waals surface area contributed by atoms with E-state index in [4.69, 9.17) is 0 Å². The summed E-state index contributed by atoms with van der Waals surface area (Å²) in [6.07, 6.45) is -4.66. The Morgan fingerprint density at radius 3 is 2.32 bits per heavy atom. The lowest BCUT2D eigenvalue weighted by molar-refractivity contribution is -0.274. The Kier molecular flexibility index (Phi) is 5.02. The lowest BCUT2D eigenvalue weighted by Gasteiger charge is -2.42. The molecule has 2 rings (SSSR count). The highest BCUT2D eigenvalue weighted by molar-refractivity contribution is 5.32. The molecular weight excluding hydrogens is 293 g/mol. The number of nitrogens with one attached hydrogen (secondary N) is 1. The summed E-state index contributed by atoms with van der Waals surface area (Å²) in [4.78, 5) is 2.32. The van der Waals surface area contributed by atoms with E-state index >= 15 is 0 Å². The van der Waals surface area contributed by atoms with E-state index in [0.717, 1.165) is 31.7 Å². The van der Waals surface area contributed by atoms with Gasteiger partial charge in [-0.1, -0.05) is 32.9 Å². The second-order valence-electron chi connectivity index (χ2n) is 6.67. The molecule has 1 aromatic rings. The number of alkyl halides is 3. The van der Waals surface area contributed by atoms with Crippen LogP contribution in [0.15, 0.2) is 24.3 Å². The van der Waals surface area contributed by atoms with Gasteiger partial charge in [0.2, 0.25) is 0 Å². The monoisotopic (exact) mass is 316 g/mol. The van der Waals surface area contributed by atoms with E-state index in [1.165, 1.54) is 12.1 Å². The van der Waals surface area contributed by atoms with Gasteiger partial charge in [0, 0.05) is 32.2 Å². The summed E-state index contributed by atoms with van der Waals surface area (Å²) in [5.74, 6) is -0.158. The molecule has 1 aliphatic heterocycles. The van der Waals surface area contributed by atoms with Gasteiger partial charge in [0.05, 0.1) is 0 Å². The molecule has 1 heterocycles. The lowest BCUT2D eigenvalue weighted by Crippen LogP contribution is -2.48. The van der Waals surface area contributed by atoms with Crippen LogP contribution in [0.2, 0.25) is 0 Å². The lowest BCUT2D eigenvalue weighted by atomic mass is 9.81. The van der Waals surface area contributed by atoms with Gasteiger partial charge in [0.15, 0.2) is 0 Å². The summed E-state index contributed by atoms with van der Waals surface area (Å²) in [6.45, 7) is 9.88. The Hall–Kier alpha value is -1.27. The largest absolute Gasteiger partial charge is 0.573 e. The summed E-state index contributed by atoms with van der Waals surface area (Å²) in [6, 6.07) is 6.39. The van der Waals surface area contributed by atoms with Gasteiger partial charge in [0.1, 0.15) is 5.75 Å². The van der Waals surface area contributed by atoms with E-state index in [0.29, 0.717) is 0 Å². The number of halogens is 3. The summed E-state index contributed by atoms with van der Waals surface area (Å²) in [5.41, 5.74) is 0.768. The van der Waals surface area contributed by atoms with Crippen LogP contribution in [-0.4, -0.2) is 37.4 Å². The summed E-state index contributed by atoms with van der Waals surface area (Å²) in [7, 11) is 0. The van der Waals surface area contributed by atoms with Crippen molar-refractivity contribution in [3.05, 3.63) is 29.8 Å². The average Bonchev–Trinajstić information content (AvgIpc) is 2.37. The smallest absolute Gasteiger partial charge is 0.406 e. The molecule has 6 heteroatoms. The minimum Gasteiger partial charge on any atom is -0.406 e. The van der Waals surface area contributed by atoms with Crippen LogP contribution in [0.4, 0.5) is 13.2 Å². The zero-order valence-corrected chi connectivity index (χ0v) is 13.2. The van der Waals surface area contributed by atoms with Gasteiger partial charge < -0.3 is 10.1 Å². The zero-order chi connectivity index (χ0) is 16.4. The summed E-state index contributed by atoms with van der Waals surface area (Å²) < 4.78 is 41.3. The molecule has 1 N–H and O–H groups in total. The fourth-order valence-electron chi connectivity index (χ4n) is 3.08. The van der Waals surface area contributed by atoms with Crippen molar-refractivity contribution in [1.29, 1.82) is 0 Å². The van der Waals surface area contributed by atoms with Gasteiger partial charge in [0.25, 0.3) is 0 Å². The molecule has 0 amide bonds. The van der Waals surface area contributed by atoms with E-state index in [2.05, 4.69) is 35.7 Å². The van der Waals surface area contributed by atoms with Gasteiger partial charge in [-0.2, -0.15) is 0 Å². The zero-order valence-electron chi connectivity index (χ0n) is 13.2. The van der Waals surface area contributed by atoms with Crippen LogP contribution in [0.1, 0.15) is 32.4 Å². The molecule has 1 saturated heterocycles. The maximum atomic E-state index is 12.4. The molecule has 0 radical (unpaired) electrons. The molecule has 0 bridgehead atoms. The van der Waals surface area contributed by atoms with Gasteiger partial charge in [-0.15, -0.1) is 13.2 Å². The van der Waals surface area contributed by atoms with Crippen molar-refractivity contribution >= 4 is 0 Å². The topological polar surface area (TPSA) is 24.5 Å². The van der Waals surface area contributed by atoms with E-state index in [-0.39, 0.29) is 17.2 Å². The van der Waals surface area contributed by atoms with Crippen molar-refractivity contribution in [2.45, 2.75) is 33.2 Å². The first kappa shape index (κ1) is 17.1. The quantitative estimate of drug-likeness (QED) is 0.922. The van der Waals surface area contributed by atoms with Gasteiger partial charge >= 0.3 is 6.36 Å². The Bertz CT molecular complexity index is 491. The SMILES string of the molecule is CC(C)(C)[C@H](c1cccc(OC(F)(F)F)c1)N1CCNCC1. The Morgan fingerprint density at radius 2 is 1.77 bits per heavy atom. The van der Waals surface area contributed by atoms with Crippen LogP contribution < -0.4 is 10.1 Å². The molecular formula is C16H23F3N2O. The third kappa shape index (κ3) is 4.61. The third-order valence-corrected chi connectivity index (χ3v) is 3.74. The molecule has 0 saturated carbocycles. The van der Waals surface area contributed by atoms with Crippen LogP contribution in [0.25, 0.3) is 0 Å². The van der Waals surface area contributed by atoms with Gasteiger partial charge in [-0.05, 0) is 23.1 Å². The molecule has 1 aliphatic rings. The van der Waals surface area contributed by atoms with Crippen LogP contribution in [-0.2, 0) is 0 Å². The Morgan fingerprint density at radius 1 is 1.14 bits per heavy atom. The van der Waals surface area contributed by atoms with E-state index in [9.17, 15) is 13.2 Å². The van der Waals surface area contributed by atoms with Crippen molar-refractivity contribution in [3.8, 4) is 5.75 Å². The molecule has 0 aromatic heterocycles. The summed E-state index contributed by atoms with van der Waals surface area (Å²) >= 11 is 0. The second kappa shape index (κ2) is 6.46. The van der Waals surface area contributed by atoms with Crippen molar-refractivity contribution in [3.63, 3.8) is 0 Å². The number of nitrogens with zero attached hydrogens (tertiary/aromatic N) is 1. The Labute approximate surface area is 129 Å². The van der Waals surface area contributed by atoms with Crippen LogP contribution in [0, 0.1) is 5.41 Å². The van der Waals surface area contributed by atoms with Crippen LogP contribution in [0.5, 0.6) is 5.75 Å². The molecule has 1 aromatic carbocycles.